The Kier molecular flexibility index (Phi) is 3.00. The first kappa shape index (κ1) is 10.5. The highest BCUT2D eigenvalue weighted by Crippen LogP contribution is 2.33. The van der Waals surface area contributed by atoms with Crippen molar-refractivity contribution < 1.29 is 9.90 Å². The molecule has 5 heteroatoms. The van der Waals surface area contributed by atoms with Crippen molar-refractivity contribution in [2.75, 3.05) is 0 Å². The van der Waals surface area contributed by atoms with Crippen molar-refractivity contribution in [3.05, 3.63) is 22.2 Å². The summed E-state index contributed by atoms with van der Waals surface area (Å²) in [6, 6.07) is 1.59. The molecule has 0 saturated heterocycles. The van der Waals surface area contributed by atoms with Gasteiger partial charge in [0.15, 0.2) is 10.4 Å². The maximum atomic E-state index is 10.8. The Morgan fingerprint density at radius 2 is 2.07 bits per heavy atom. The van der Waals surface area contributed by atoms with Crippen molar-refractivity contribution in [2.24, 2.45) is 0 Å². The maximum Gasteiger partial charge on any atom is 0.354 e. The molecule has 1 fully saturated rings. The average molecular weight is 271 g/mol. The van der Waals surface area contributed by atoms with Gasteiger partial charge >= 0.3 is 5.97 Å². The first-order valence-corrected chi connectivity index (χ1v) is 5.74. The van der Waals surface area contributed by atoms with Crippen LogP contribution in [0, 0.1) is 0 Å². The lowest BCUT2D eigenvalue weighted by atomic mass is 10.0. The largest absolute Gasteiger partial charge is 0.477 e. The predicted molar refractivity (Wildman–Crippen MR) is 57.9 cm³/mol. The van der Waals surface area contributed by atoms with Crippen LogP contribution < -0.4 is 0 Å². The van der Waals surface area contributed by atoms with Crippen LogP contribution in [0.1, 0.15) is 47.8 Å². The van der Waals surface area contributed by atoms with Gasteiger partial charge in [0.2, 0.25) is 0 Å². The number of aromatic nitrogens is 2. The molecule has 1 aromatic heterocycles. The molecule has 1 N–H and O–H groups in total. The van der Waals surface area contributed by atoms with E-state index >= 15 is 0 Å². The summed E-state index contributed by atoms with van der Waals surface area (Å²) in [5.41, 5.74) is 0.922. The zero-order valence-electron chi connectivity index (χ0n) is 8.11. The minimum atomic E-state index is -1.00. The lowest BCUT2D eigenvalue weighted by molar-refractivity contribution is 0.0689. The zero-order chi connectivity index (χ0) is 10.8. The molecule has 0 atom stereocenters. The fourth-order valence-corrected chi connectivity index (χ4v) is 2.37. The van der Waals surface area contributed by atoms with E-state index < -0.39 is 5.97 Å². The SMILES string of the molecule is O=C(O)c1cc(C2CCCC2)nc(Br)n1. The van der Waals surface area contributed by atoms with E-state index in [4.69, 9.17) is 5.11 Å². The summed E-state index contributed by atoms with van der Waals surface area (Å²) in [5.74, 6) is -0.597. The lowest BCUT2D eigenvalue weighted by Crippen LogP contribution is -2.06. The topological polar surface area (TPSA) is 63.1 Å². The molecule has 80 valence electrons. The summed E-state index contributed by atoms with van der Waals surface area (Å²) in [5, 5.41) is 8.87. The van der Waals surface area contributed by atoms with Gasteiger partial charge in [-0.15, -0.1) is 0 Å². The van der Waals surface area contributed by atoms with Crippen LogP contribution in [0.15, 0.2) is 10.8 Å². The quantitative estimate of drug-likeness (QED) is 0.840. The van der Waals surface area contributed by atoms with E-state index in [2.05, 4.69) is 25.9 Å². The van der Waals surface area contributed by atoms with E-state index in [0.717, 1.165) is 18.5 Å². The number of halogens is 1. The fraction of sp³-hybridized carbons (Fsp3) is 0.500. The van der Waals surface area contributed by atoms with Gasteiger partial charge in [0.05, 0.1) is 0 Å². The van der Waals surface area contributed by atoms with Crippen molar-refractivity contribution in [1.29, 1.82) is 0 Å². The van der Waals surface area contributed by atoms with Crippen molar-refractivity contribution in [3.63, 3.8) is 0 Å². The van der Waals surface area contributed by atoms with Crippen LogP contribution in [0.25, 0.3) is 0 Å². The highest BCUT2D eigenvalue weighted by Gasteiger charge is 2.20. The molecule has 2 rings (SSSR count). The number of carboxylic acid groups (broad SMARTS) is 1. The molecule has 1 aromatic rings. The minimum Gasteiger partial charge on any atom is -0.477 e. The molecule has 1 aliphatic rings. The second-order valence-electron chi connectivity index (χ2n) is 3.73. The van der Waals surface area contributed by atoms with E-state index in [1.807, 2.05) is 0 Å². The molecule has 4 nitrogen and oxygen atoms in total. The number of nitrogens with zero attached hydrogens (tertiary/aromatic N) is 2. The number of carbonyl (C=O) groups is 1. The molecule has 1 saturated carbocycles. The molecule has 0 amide bonds. The van der Waals surface area contributed by atoms with Gasteiger partial charge in [-0.25, -0.2) is 14.8 Å². The van der Waals surface area contributed by atoms with Crippen LogP contribution in [0.2, 0.25) is 0 Å². The Bertz CT molecular complexity index is 389. The standard InChI is InChI=1S/C10H11BrN2O2/c11-10-12-7(6-3-1-2-4-6)5-8(13-10)9(14)15/h5-6H,1-4H2,(H,14,15). The van der Waals surface area contributed by atoms with Crippen molar-refractivity contribution in [3.8, 4) is 0 Å². The van der Waals surface area contributed by atoms with E-state index in [1.54, 1.807) is 6.07 Å². The van der Waals surface area contributed by atoms with Gasteiger partial charge in [-0.2, -0.15) is 0 Å². The highest BCUT2D eigenvalue weighted by atomic mass is 79.9. The van der Waals surface area contributed by atoms with Gasteiger partial charge in [0, 0.05) is 11.6 Å². The Balaban J connectivity index is 2.34. The van der Waals surface area contributed by atoms with Crippen LogP contribution in [-0.2, 0) is 0 Å². The summed E-state index contributed by atoms with van der Waals surface area (Å²) in [4.78, 5) is 18.9. The average Bonchev–Trinajstić information content (AvgIpc) is 2.69. The van der Waals surface area contributed by atoms with E-state index in [-0.39, 0.29) is 5.69 Å². The summed E-state index contributed by atoms with van der Waals surface area (Å²) in [6.45, 7) is 0. The van der Waals surface area contributed by atoms with Gasteiger partial charge < -0.3 is 5.11 Å². The van der Waals surface area contributed by atoms with Gasteiger partial charge in [0.1, 0.15) is 0 Å². The van der Waals surface area contributed by atoms with Crippen LogP contribution in [0.5, 0.6) is 0 Å². The Hall–Kier alpha value is -0.970. The Morgan fingerprint density at radius 1 is 1.40 bits per heavy atom. The Morgan fingerprint density at radius 3 is 2.67 bits per heavy atom. The van der Waals surface area contributed by atoms with Crippen LogP contribution in [0.3, 0.4) is 0 Å². The van der Waals surface area contributed by atoms with Crippen LogP contribution in [-0.4, -0.2) is 21.0 Å². The van der Waals surface area contributed by atoms with Gasteiger partial charge in [-0.05, 0) is 34.8 Å². The third-order valence-corrected chi connectivity index (χ3v) is 3.07. The van der Waals surface area contributed by atoms with Crippen LogP contribution >= 0.6 is 15.9 Å². The lowest BCUT2D eigenvalue weighted by Gasteiger charge is -2.08. The first-order chi connectivity index (χ1) is 7.16. The molecular weight excluding hydrogens is 260 g/mol. The number of rotatable bonds is 2. The number of hydrogen-bond acceptors (Lipinski definition) is 3. The van der Waals surface area contributed by atoms with Gasteiger partial charge in [-0.3, -0.25) is 0 Å². The predicted octanol–water partition coefficient (Wildman–Crippen LogP) is 2.59. The molecule has 0 radical (unpaired) electrons. The molecule has 0 aromatic carbocycles. The molecular formula is C10H11BrN2O2. The monoisotopic (exact) mass is 270 g/mol. The zero-order valence-corrected chi connectivity index (χ0v) is 9.70. The van der Waals surface area contributed by atoms with E-state index in [0.29, 0.717) is 10.7 Å². The molecule has 0 bridgehead atoms. The minimum absolute atomic E-state index is 0.0683. The molecule has 15 heavy (non-hydrogen) atoms. The summed E-state index contributed by atoms with van der Waals surface area (Å²) >= 11 is 3.14. The third-order valence-electron chi connectivity index (χ3n) is 2.71. The molecule has 0 spiro atoms. The van der Waals surface area contributed by atoms with Crippen molar-refractivity contribution in [2.45, 2.75) is 31.6 Å². The maximum absolute atomic E-state index is 10.8. The summed E-state index contributed by atoms with van der Waals surface area (Å²) in [7, 11) is 0. The smallest absolute Gasteiger partial charge is 0.354 e. The van der Waals surface area contributed by atoms with E-state index in [1.165, 1.54) is 12.8 Å². The molecule has 0 aliphatic heterocycles. The highest BCUT2D eigenvalue weighted by molar-refractivity contribution is 9.10. The first-order valence-electron chi connectivity index (χ1n) is 4.94. The van der Waals surface area contributed by atoms with Gasteiger partial charge in [0.25, 0.3) is 0 Å². The fourth-order valence-electron chi connectivity index (χ4n) is 1.98. The van der Waals surface area contributed by atoms with E-state index in [9.17, 15) is 4.79 Å². The van der Waals surface area contributed by atoms with Gasteiger partial charge in [-0.1, -0.05) is 12.8 Å². The molecule has 1 heterocycles. The molecule has 1 aliphatic carbocycles. The Labute approximate surface area is 95.9 Å². The van der Waals surface area contributed by atoms with Crippen molar-refractivity contribution in [1.82, 2.24) is 9.97 Å². The summed E-state index contributed by atoms with van der Waals surface area (Å²) < 4.78 is 0.365. The van der Waals surface area contributed by atoms with Crippen molar-refractivity contribution >= 4 is 21.9 Å². The molecule has 0 unspecified atom stereocenters. The second-order valence-corrected chi connectivity index (χ2v) is 4.44. The normalized spacial score (nSPS) is 16.9. The number of aromatic carboxylic acids is 1. The number of hydrogen-bond donors (Lipinski definition) is 1. The second kappa shape index (κ2) is 4.26. The summed E-state index contributed by atoms with van der Waals surface area (Å²) in [6.07, 6.45) is 4.61. The number of carboxylic acids is 1. The third kappa shape index (κ3) is 2.34. The van der Waals surface area contributed by atoms with Crippen LogP contribution in [0.4, 0.5) is 0 Å².